The van der Waals surface area contributed by atoms with E-state index in [0.29, 0.717) is 11.4 Å². The van der Waals surface area contributed by atoms with Crippen LogP contribution in [0.3, 0.4) is 0 Å². The van der Waals surface area contributed by atoms with Gasteiger partial charge in [0.2, 0.25) is 5.91 Å². The number of anilines is 1. The van der Waals surface area contributed by atoms with Gasteiger partial charge in [0.05, 0.1) is 18.4 Å². The lowest BCUT2D eigenvalue weighted by atomic mass is 10.1. The van der Waals surface area contributed by atoms with Crippen LogP contribution in [-0.4, -0.2) is 45.4 Å². The number of sulfone groups is 1. The first kappa shape index (κ1) is 21.4. The quantitative estimate of drug-likeness (QED) is 0.702. The van der Waals surface area contributed by atoms with Crippen molar-refractivity contribution in [1.29, 1.82) is 0 Å². The summed E-state index contributed by atoms with van der Waals surface area (Å²) in [4.78, 5) is 25.4. The van der Waals surface area contributed by atoms with Crippen LogP contribution in [0.2, 0.25) is 0 Å². The van der Waals surface area contributed by atoms with E-state index >= 15 is 0 Å². The molecule has 0 aromatic heterocycles. The summed E-state index contributed by atoms with van der Waals surface area (Å²) in [6.45, 7) is 1.89. The molecule has 2 amide bonds. The van der Waals surface area contributed by atoms with Crippen molar-refractivity contribution in [2.75, 3.05) is 24.4 Å². The Hall–Kier alpha value is -2.87. The lowest BCUT2D eigenvalue weighted by molar-refractivity contribution is -0.118. The Bertz CT molecular complexity index is 957. The summed E-state index contributed by atoms with van der Waals surface area (Å²) in [5, 5.41) is 5.34. The predicted octanol–water partition coefficient (Wildman–Crippen LogP) is 2.18. The smallest absolute Gasteiger partial charge is 0.255 e. The van der Waals surface area contributed by atoms with Crippen LogP contribution in [0.4, 0.5) is 5.69 Å². The van der Waals surface area contributed by atoms with Gasteiger partial charge in [0, 0.05) is 11.9 Å². The topological polar surface area (TPSA) is 102 Å². The highest BCUT2D eigenvalue weighted by Crippen LogP contribution is 2.18. The van der Waals surface area contributed by atoms with Crippen molar-refractivity contribution in [2.24, 2.45) is 0 Å². The molecule has 7 nitrogen and oxygen atoms in total. The van der Waals surface area contributed by atoms with E-state index in [-0.39, 0.29) is 17.7 Å². The van der Waals surface area contributed by atoms with Gasteiger partial charge >= 0.3 is 0 Å². The van der Waals surface area contributed by atoms with Gasteiger partial charge in [-0.1, -0.05) is 24.3 Å². The average Bonchev–Trinajstić information content (AvgIpc) is 2.64. The van der Waals surface area contributed by atoms with Crippen molar-refractivity contribution in [3.05, 3.63) is 59.7 Å². The second kappa shape index (κ2) is 9.36. The van der Waals surface area contributed by atoms with Gasteiger partial charge in [0.25, 0.3) is 5.91 Å². The van der Waals surface area contributed by atoms with Crippen molar-refractivity contribution in [2.45, 2.75) is 19.4 Å². The summed E-state index contributed by atoms with van der Waals surface area (Å²) < 4.78 is 28.3. The number of carbonyl (C=O) groups is 2. The predicted molar refractivity (Wildman–Crippen MR) is 108 cm³/mol. The highest BCUT2D eigenvalue weighted by molar-refractivity contribution is 7.90. The molecule has 0 fully saturated rings. The molecule has 0 aliphatic heterocycles. The lowest BCUT2D eigenvalue weighted by Gasteiger charge is -2.19. The molecule has 28 heavy (non-hydrogen) atoms. The number of nitrogens with one attached hydrogen (secondary N) is 2. The summed E-state index contributed by atoms with van der Waals surface area (Å²) in [5.41, 5.74) is 1.79. The first-order chi connectivity index (χ1) is 13.2. The number of hydrogen-bond acceptors (Lipinski definition) is 5. The number of ether oxygens (including phenoxy) is 1. The maximum absolute atomic E-state index is 12.7. The van der Waals surface area contributed by atoms with Crippen LogP contribution in [0.25, 0.3) is 0 Å². The minimum Gasteiger partial charge on any atom is -0.496 e. The first-order valence-electron chi connectivity index (χ1n) is 8.69. The van der Waals surface area contributed by atoms with Gasteiger partial charge in [-0.05, 0) is 43.2 Å². The fourth-order valence-electron chi connectivity index (χ4n) is 2.62. The zero-order chi connectivity index (χ0) is 20.7. The Morgan fingerprint density at radius 1 is 1.11 bits per heavy atom. The minimum atomic E-state index is -3.30. The van der Waals surface area contributed by atoms with Crippen LogP contribution in [0, 0.1) is 6.92 Å². The number of rotatable bonds is 8. The Morgan fingerprint density at radius 2 is 1.82 bits per heavy atom. The van der Waals surface area contributed by atoms with E-state index in [9.17, 15) is 18.0 Å². The van der Waals surface area contributed by atoms with Gasteiger partial charge in [0.1, 0.15) is 21.6 Å². The maximum Gasteiger partial charge on any atom is 0.255 e. The number of aryl methyl sites for hydroxylation is 1. The number of methoxy groups -OCH3 is 1. The zero-order valence-corrected chi connectivity index (χ0v) is 16.9. The molecular formula is C20H24N2O5S. The summed E-state index contributed by atoms with van der Waals surface area (Å²) in [7, 11) is -1.86. The number of carbonyl (C=O) groups excluding carboxylic acids is 2. The second-order valence-electron chi connectivity index (χ2n) is 6.50. The molecule has 1 atom stereocenters. The molecule has 2 aromatic carbocycles. The second-order valence-corrected chi connectivity index (χ2v) is 8.76. The van der Waals surface area contributed by atoms with E-state index in [1.54, 1.807) is 42.5 Å². The van der Waals surface area contributed by atoms with Crippen molar-refractivity contribution in [3.63, 3.8) is 0 Å². The molecule has 0 aliphatic carbocycles. The SMILES string of the molecule is COc1ccccc1C(=O)NC(CCS(C)(=O)=O)C(=O)Nc1cccc(C)c1. The van der Waals surface area contributed by atoms with E-state index < -0.39 is 27.7 Å². The molecule has 0 saturated carbocycles. The molecule has 0 bridgehead atoms. The fourth-order valence-corrected chi connectivity index (χ4v) is 3.29. The molecule has 0 saturated heterocycles. The van der Waals surface area contributed by atoms with Crippen LogP contribution in [0.5, 0.6) is 5.75 Å². The van der Waals surface area contributed by atoms with Gasteiger partial charge in [-0.15, -0.1) is 0 Å². The molecule has 2 N–H and O–H groups in total. The van der Waals surface area contributed by atoms with Gasteiger partial charge < -0.3 is 15.4 Å². The standard InChI is InChI=1S/C20H24N2O5S/c1-14-7-6-8-15(13-14)21-20(24)17(11-12-28(3,25)26)22-19(23)16-9-4-5-10-18(16)27-2/h4-10,13,17H,11-12H2,1-3H3,(H,21,24)(H,22,23). The summed E-state index contributed by atoms with van der Waals surface area (Å²) in [5.74, 6) is -0.876. The summed E-state index contributed by atoms with van der Waals surface area (Å²) >= 11 is 0. The van der Waals surface area contributed by atoms with E-state index in [1.807, 2.05) is 13.0 Å². The minimum absolute atomic E-state index is 0.0443. The van der Waals surface area contributed by atoms with Crippen LogP contribution in [-0.2, 0) is 14.6 Å². The molecule has 150 valence electrons. The fraction of sp³-hybridized carbons (Fsp3) is 0.300. The van der Waals surface area contributed by atoms with Crippen LogP contribution in [0.15, 0.2) is 48.5 Å². The molecule has 0 aliphatic rings. The van der Waals surface area contributed by atoms with Crippen LogP contribution >= 0.6 is 0 Å². The summed E-state index contributed by atoms with van der Waals surface area (Å²) in [6, 6.07) is 12.8. The monoisotopic (exact) mass is 404 g/mol. The number of para-hydroxylation sites is 1. The average molecular weight is 404 g/mol. The highest BCUT2D eigenvalue weighted by atomic mass is 32.2. The molecule has 0 heterocycles. The first-order valence-corrected chi connectivity index (χ1v) is 10.7. The highest BCUT2D eigenvalue weighted by Gasteiger charge is 2.24. The maximum atomic E-state index is 12.7. The number of amides is 2. The van der Waals surface area contributed by atoms with Gasteiger partial charge in [-0.3, -0.25) is 9.59 Å². The normalized spacial score (nSPS) is 12.1. The molecule has 0 radical (unpaired) electrons. The third kappa shape index (κ3) is 6.38. The zero-order valence-electron chi connectivity index (χ0n) is 16.1. The van der Waals surface area contributed by atoms with Crippen LogP contribution < -0.4 is 15.4 Å². The van der Waals surface area contributed by atoms with E-state index in [0.717, 1.165) is 11.8 Å². The summed E-state index contributed by atoms with van der Waals surface area (Å²) in [6.07, 6.45) is 1.04. The molecule has 0 spiro atoms. The third-order valence-corrected chi connectivity index (χ3v) is 5.01. The van der Waals surface area contributed by atoms with E-state index in [2.05, 4.69) is 10.6 Å². The van der Waals surface area contributed by atoms with Crippen molar-refractivity contribution >= 4 is 27.3 Å². The number of hydrogen-bond donors (Lipinski definition) is 2. The molecule has 2 rings (SSSR count). The lowest BCUT2D eigenvalue weighted by Crippen LogP contribution is -2.44. The van der Waals surface area contributed by atoms with Crippen molar-refractivity contribution in [1.82, 2.24) is 5.32 Å². The molecule has 8 heteroatoms. The van der Waals surface area contributed by atoms with Crippen molar-refractivity contribution in [3.8, 4) is 5.75 Å². The number of benzene rings is 2. The largest absolute Gasteiger partial charge is 0.496 e. The Labute approximate surface area is 165 Å². The molecule has 2 aromatic rings. The Morgan fingerprint density at radius 3 is 2.46 bits per heavy atom. The van der Waals surface area contributed by atoms with E-state index in [1.165, 1.54) is 7.11 Å². The van der Waals surface area contributed by atoms with Crippen LogP contribution in [0.1, 0.15) is 22.3 Å². The van der Waals surface area contributed by atoms with E-state index in [4.69, 9.17) is 4.74 Å². The Balaban J connectivity index is 2.20. The van der Waals surface area contributed by atoms with Gasteiger partial charge in [0.15, 0.2) is 0 Å². The van der Waals surface area contributed by atoms with Crippen molar-refractivity contribution < 1.29 is 22.7 Å². The Kier molecular flexibility index (Phi) is 7.17. The van der Waals surface area contributed by atoms with Gasteiger partial charge in [-0.25, -0.2) is 8.42 Å². The molecular weight excluding hydrogens is 380 g/mol. The molecule has 1 unspecified atom stereocenters. The third-order valence-electron chi connectivity index (χ3n) is 4.04. The van der Waals surface area contributed by atoms with Gasteiger partial charge in [-0.2, -0.15) is 0 Å².